The molecular formula is C21H20F2N2O5. The second kappa shape index (κ2) is 8.89. The summed E-state index contributed by atoms with van der Waals surface area (Å²) in [4.78, 5) is 38.1. The third-order valence-corrected chi connectivity index (χ3v) is 4.63. The number of hydrogen-bond donors (Lipinski definition) is 1. The molecule has 30 heavy (non-hydrogen) atoms. The summed E-state index contributed by atoms with van der Waals surface area (Å²) < 4.78 is 36.4. The number of methoxy groups -OCH3 is 1. The van der Waals surface area contributed by atoms with Crippen LogP contribution in [-0.2, 0) is 19.1 Å². The molecule has 7 nitrogen and oxygen atoms in total. The van der Waals surface area contributed by atoms with E-state index in [4.69, 9.17) is 9.47 Å². The number of amides is 2. The molecule has 0 radical (unpaired) electrons. The van der Waals surface area contributed by atoms with Gasteiger partial charge in [0.05, 0.1) is 18.7 Å². The van der Waals surface area contributed by atoms with Crippen LogP contribution in [0.4, 0.5) is 20.2 Å². The van der Waals surface area contributed by atoms with E-state index in [-0.39, 0.29) is 24.6 Å². The van der Waals surface area contributed by atoms with Crippen molar-refractivity contribution in [2.75, 3.05) is 30.5 Å². The van der Waals surface area contributed by atoms with Crippen molar-refractivity contribution in [3.63, 3.8) is 0 Å². The van der Waals surface area contributed by atoms with Crippen molar-refractivity contribution in [2.45, 2.75) is 13.3 Å². The van der Waals surface area contributed by atoms with Gasteiger partial charge in [0.15, 0.2) is 18.2 Å². The van der Waals surface area contributed by atoms with Gasteiger partial charge in [-0.3, -0.25) is 14.4 Å². The van der Waals surface area contributed by atoms with Gasteiger partial charge in [-0.1, -0.05) is 6.07 Å². The van der Waals surface area contributed by atoms with E-state index in [1.807, 2.05) is 13.0 Å². The van der Waals surface area contributed by atoms with Gasteiger partial charge in [0.2, 0.25) is 5.91 Å². The Morgan fingerprint density at radius 2 is 1.93 bits per heavy atom. The van der Waals surface area contributed by atoms with Crippen LogP contribution in [0.1, 0.15) is 12.0 Å². The van der Waals surface area contributed by atoms with Gasteiger partial charge in [-0.25, -0.2) is 8.78 Å². The summed E-state index contributed by atoms with van der Waals surface area (Å²) in [6, 6.07) is 8.25. The lowest BCUT2D eigenvalue weighted by atomic mass is 10.1. The normalized spacial score (nSPS) is 15.8. The number of carbonyl (C=O) groups is 3. The maximum atomic E-state index is 13.2. The number of carbonyl (C=O) groups excluding carboxylic acids is 3. The van der Waals surface area contributed by atoms with Gasteiger partial charge in [-0.2, -0.15) is 0 Å². The molecule has 3 rings (SSSR count). The Hall–Kier alpha value is -3.49. The first kappa shape index (κ1) is 21.2. The van der Waals surface area contributed by atoms with Crippen LogP contribution in [0.15, 0.2) is 36.4 Å². The first-order chi connectivity index (χ1) is 14.3. The number of benzene rings is 2. The van der Waals surface area contributed by atoms with E-state index in [0.29, 0.717) is 11.4 Å². The molecule has 1 fully saturated rings. The van der Waals surface area contributed by atoms with E-state index in [0.717, 1.165) is 17.7 Å². The lowest BCUT2D eigenvalue weighted by molar-refractivity contribution is -0.151. The minimum Gasteiger partial charge on any atom is -0.495 e. The number of halogens is 2. The zero-order chi connectivity index (χ0) is 21.8. The maximum absolute atomic E-state index is 13.2. The molecule has 0 spiro atoms. The van der Waals surface area contributed by atoms with Gasteiger partial charge in [0, 0.05) is 24.7 Å². The summed E-state index contributed by atoms with van der Waals surface area (Å²) in [6.07, 6.45) is -0.0548. The number of nitrogens with zero attached hydrogens (tertiary/aromatic N) is 1. The van der Waals surface area contributed by atoms with Crippen molar-refractivity contribution >= 4 is 29.2 Å². The minimum atomic E-state index is -1.11. The largest absolute Gasteiger partial charge is 0.495 e. The number of ether oxygens (including phenoxy) is 2. The van der Waals surface area contributed by atoms with Crippen molar-refractivity contribution in [1.29, 1.82) is 0 Å². The van der Waals surface area contributed by atoms with Crippen molar-refractivity contribution < 1.29 is 32.6 Å². The molecule has 1 N–H and O–H groups in total. The summed E-state index contributed by atoms with van der Waals surface area (Å²) in [7, 11) is 1.49. The van der Waals surface area contributed by atoms with Crippen LogP contribution in [0.2, 0.25) is 0 Å². The second-order valence-electron chi connectivity index (χ2n) is 6.87. The fraction of sp³-hybridized carbons (Fsp3) is 0.286. The molecule has 1 aliphatic heterocycles. The first-order valence-corrected chi connectivity index (χ1v) is 9.15. The SMILES string of the molecule is COc1ccc(C)cc1N1C[C@@H](C(=O)OCC(=O)Nc2ccc(F)c(F)c2)CC1=O. The third kappa shape index (κ3) is 4.73. The molecule has 0 aromatic heterocycles. The average Bonchev–Trinajstić information content (AvgIpc) is 3.10. The number of hydrogen-bond acceptors (Lipinski definition) is 5. The highest BCUT2D eigenvalue weighted by molar-refractivity contribution is 6.01. The Labute approximate surface area is 171 Å². The summed E-state index contributed by atoms with van der Waals surface area (Å²) >= 11 is 0. The van der Waals surface area contributed by atoms with E-state index >= 15 is 0 Å². The highest BCUT2D eigenvalue weighted by atomic mass is 19.2. The summed E-state index contributed by atoms with van der Waals surface area (Å²) in [5.74, 6) is -4.05. The van der Waals surface area contributed by atoms with Crippen LogP contribution >= 0.6 is 0 Å². The quantitative estimate of drug-likeness (QED) is 0.730. The molecule has 9 heteroatoms. The smallest absolute Gasteiger partial charge is 0.311 e. The summed E-state index contributed by atoms with van der Waals surface area (Å²) in [6.45, 7) is 1.36. The molecule has 1 saturated heterocycles. The molecule has 0 saturated carbocycles. The van der Waals surface area contributed by atoms with Crippen LogP contribution < -0.4 is 15.0 Å². The minimum absolute atomic E-state index is 0.0312. The second-order valence-corrected chi connectivity index (χ2v) is 6.87. The Bertz CT molecular complexity index is 995. The predicted octanol–water partition coefficient (Wildman–Crippen LogP) is 2.82. The third-order valence-electron chi connectivity index (χ3n) is 4.63. The van der Waals surface area contributed by atoms with Crippen LogP contribution in [0.5, 0.6) is 5.75 Å². The van der Waals surface area contributed by atoms with E-state index < -0.39 is 36.0 Å². The predicted molar refractivity (Wildman–Crippen MR) is 104 cm³/mol. The molecule has 0 bridgehead atoms. The number of aryl methyl sites for hydroxylation is 1. The van der Waals surface area contributed by atoms with Crippen LogP contribution in [0.25, 0.3) is 0 Å². The highest BCUT2D eigenvalue weighted by Crippen LogP contribution is 2.34. The molecular weight excluding hydrogens is 398 g/mol. The molecule has 0 unspecified atom stereocenters. The number of anilines is 2. The standard InChI is InChI=1S/C21H20F2N2O5/c1-12-3-6-18(29-2)17(7-12)25-10-13(8-20(25)27)21(28)30-11-19(26)24-14-4-5-15(22)16(23)9-14/h3-7,9,13H,8,10-11H2,1-2H3,(H,24,26)/t13-/m0/s1. The number of nitrogens with one attached hydrogen (secondary N) is 1. The Balaban J connectivity index is 1.57. The maximum Gasteiger partial charge on any atom is 0.311 e. The van der Waals surface area contributed by atoms with Crippen LogP contribution in [0, 0.1) is 24.5 Å². The van der Waals surface area contributed by atoms with E-state index in [2.05, 4.69) is 5.32 Å². The molecule has 0 aliphatic carbocycles. The Morgan fingerprint density at radius 1 is 1.17 bits per heavy atom. The van der Waals surface area contributed by atoms with Gasteiger partial charge in [-0.15, -0.1) is 0 Å². The van der Waals surface area contributed by atoms with Crippen LogP contribution in [-0.4, -0.2) is 38.0 Å². The highest BCUT2D eigenvalue weighted by Gasteiger charge is 2.37. The fourth-order valence-electron chi connectivity index (χ4n) is 3.13. The topological polar surface area (TPSA) is 84.9 Å². The van der Waals surface area contributed by atoms with Crippen LogP contribution in [0.3, 0.4) is 0 Å². The molecule has 1 aliphatic rings. The first-order valence-electron chi connectivity index (χ1n) is 9.15. The monoisotopic (exact) mass is 418 g/mol. The van der Waals surface area contributed by atoms with Gasteiger partial charge in [0.1, 0.15) is 5.75 Å². The molecule has 2 aromatic rings. The lowest BCUT2D eigenvalue weighted by Crippen LogP contribution is -2.28. The van der Waals surface area contributed by atoms with Gasteiger partial charge < -0.3 is 19.7 Å². The van der Waals surface area contributed by atoms with Gasteiger partial charge in [-0.05, 0) is 36.8 Å². The molecule has 1 atom stereocenters. The van der Waals surface area contributed by atoms with E-state index in [1.165, 1.54) is 18.1 Å². The van der Waals surface area contributed by atoms with E-state index in [1.54, 1.807) is 12.1 Å². The van der Waals surface area contributed by atoms with Gasteiger partial charge >= 0.3 is 5.97 Å². The average molecular weight is 418 g/mol. The fourth-order valence-corrected chi connectivity index (χ4v) is 3.13. The zero-order valence-corrected chi connectivity index (χ0v) is 16.4. The van der Waals surface area contributed by atoms with Gasteiger partial charge in [0.25, 0.3) is 5.91 Å². The number of esters is 1. The van der Waals surface area contributed by atoms with Crippen molar-refractivity contribution in [3.05, 3.63) is 53.6 Å². The molecule has 2 aromatic carbocycles. The Morgan fingerprint density at radius 3 is 2.63 bits per heavy atom. The Kier molecular flexibility index (Phi) is 6.29. The van der Waals surface area contributed by atoms with Crippen molar-refractivity contribution in [3.8, 4) is 5.75 Å². The van der Waals surface area contributed by atoms with Crippen molar-refractivity contribution in [1.82, 2.24) is 0 Å². The molecule has 158 valence electrons. The molecule has 2 amide bonds. The lowest BCUT2D eigenvalue weighted by Gasteiger charge is -2.20. The molecule has 1 heterocycles. The zero-order valence-electron chi connectivity index (χ0n) is 16.4. The summed E-state index contributed by atoms with van der Waals surface area (Å²) in [5.41, 5.74) is 1.52. The van der Waals surface area contributed by atoms with Crippen molar-refractivity contribution in [2.24, 2.45) is 5.92 Å². The van der Waals surface area contributed by atoms with E-state index in [9.17, 15) is 23.2 Å². The summed E-state index contributed by atoms with van der Waals surface area (Å²) in [5, 5.41) is 2.30. The number of rotatable bonds is 6.